The van der Waals surface area contributed by atoms with Gasteiger partial charge in [-0.2, -0.15) is 0 Å². The predicted octanol–water partition coefficient (Wildman–Crippen LogP) is 4.71. The Morgan fingerprint density at radius 3 is 2.10 bits per heavy atom. The molecule has 5 nitrogen and oxygen atoms in total. The summed E-state index contributed by atoms with van der Waals surface area (Å²) in [6.45, 7) is 4.13. The van der Waals surface area contributed by atoms with E-state index in [9.17, 15) is 9.59 Å². The number of hydrogen-bond acceptors (Lipinski definition) is 3. The van der Waals surface area contributed by atoms with E-state index in [1.165, 1.54) is 5.56 Å². The normalized spacial score (nSPS) is 11.4. The Morgan fingerprint density at radius 1 is 0.833 bits per heavy atom. The maximum absolute atomic E-state index is 12.2. The van der Waals surface area contributed by atoms with Crippen LogP contribution in [0.4, 0.5) is 0 Å². The predicted molar refractivity (Wildman–Crippen MR) is 118 cm³/mol. The topological polar surface area (TPSA) is 67.4 Å². The number of ether oxygens (including phenoxy) is 1. The Bertz CT molecular complexity index is 968. The van der Waals surface area contributed by atoms with Crippen molar-refractivity contribution in [1.29, 1.82) is 0 Å². The molecule has 0 saturated heterocycles. The van der Waals surface area contributed by atoms with Gasteiger partial charge in [0, 0.05) is 5.56 Å². The lowest BCUT2D eigenvalue weighted by Gasteiger charge is -2.11. The first kappa shape index (κ1) is 21.1. The van der Waals surface area contributed by atoms with E-state index >= 15 is 0 Å². The molecule has 30 heavy (non-hydrogen) atoms. The molecule has 1 unspecified atom stereocenters. The molecule has 0 aromatic heterocycles. The average molecular weight is 402 g/mol. The summed E-state index contributed by atoms with van der Waals surface area (Å²) in [5.41, 5.74) is 8.56. The molecule has 1 atom stereocenters. The van der Waals surface area contributed by atoms with Crippen molar-refractivity contribution < 1.29 is 14.3 Å². The first-order valence-electron chi connectivity index (χ1n) is 10.0. The van der Waals surface area contributed by atoms with E-state index in [1.54, 1.807) is 12.1 Å². The van der Waals surface area contributed by atoms with E-state index in [-0.39, 0.29) is 12.5 Å². The highest BCUT2D eigenvalue weighted by Gasteiger charge is 2.09. The van der Waals surface area contributed by atoms with Gasteiger partial charge < -0.3 is 4.74 Å². The second-order valence-electron chi connectivity index (χ2n) is 7.11. The van der Waals surface area contributed by atoms with Crippen LogP contribution >= 0.6 is 0 Å². The molecule has 0 bridgehead atoms. The molecular formula is C25H26N2O3. The molecule has 0 heterocycles. The lowest BCUT2D eigenvalue weighted by atomic mass is 9.99. The van der Waals surface area contributed by atoms with Gasteiger partial charge in [-0.3, -0.25) is 20.4 Å². The van der Waals surface area contributed by atoms with Crippen LogP contribution < -0.4 is 15.6 Å². The summed E-state index contributed by atoms with van der Waals surface area (Å²) < 4.78 is 5.48. The van der Waals surface area contributed by atoms with Crippen LogP contribution in [0.1, 0.15) is 42.1 Å². The Balaban J connectivity index is 1.45. The minimum atomic E-state index is -0.435. The molecule has 3 rings (SSSR count). The molecule has 0 aliphatic rings. The van der Waals surface area contributed by atoms with Crippen molar-refractivity contribution in [3.05, 3.63) is 90.0 Å². The maximum atomic E-state index is 12.2. The van der Waals surface area contributed by atoms with Gasteiger partial charge in [-0.25, -0.2) is 0 Å². The number of carbonyl (C=O) groups is 2. The third-order valence-electron chi connectivity index (χ3n) is 5.00. The first-order chi connectivity index (χ1) is 14.6. The summed E-state index contributed by atoms with van der Waals surface area (Å²) in [6.07, 6.45) is 1.07. The Morgan fingerprint density at radius 2 is 1.47 bits per heavy atom. The highest BCUT2D eigenvalue weighted by atomic mass is 16.5. The van der Waals surface area contributed by atoms with E-state index in [4.69, 9.17) is 4.74 Å². The molecule has 3 aromatic carbocycles. The third-order valence-corrected chi connectivity index (χ3v) is 5.00. The highest BCUT2D eigenvalue weighted by Crippen LogP contribution is 2.21. The van der Waals surface area contributed by atoms with Gasteiger partial charge in [-0.05, 0) is 53.3 Å². The van der Waals surface area contributed by atoms with Crippen molar-refractivity contribution in [3.8, 4) is 16.9 Å². The van der Waals surface area contributed by atoms with E-state index in [1.807, 2.05) is 66.7 Å². The molecular weight excluding hydrogens is 376 g/mol. The fourth-order valence-electron chi connectivity index (χ4n) is 2.96. The van der Waals surface area contributed by atoms with Crippen LogP contribution in [0.3, 0.4) is 0 Å². The fourth-order valence-corrected chi connectivity index (χ4v) is 2.96. The summed E-state index contributed by atoms with van der Waals surface area (Å²) in [6, 6.07) is 24.8. The Hall–Kier alpha value is -3.60. The van der Waals surface area contributed by atoms with Crippen LogP contribution in [0, 0.1) is 0 Å². The minimum Gasteiger partial charge on any atom is -0.484 e. The summed E-state index contributed by atoms with van der Waals surface area (Å²) in [4.78, 5) is 24.2. The van der Waals surface area contributed by atoms with E-state index < -0.39 is 5.91 Å². The van der Waals surface area contributed by atoms with Gasteiger partial charge >= 0.3 is 0 Å². The van der Waals surface area contributed by atoms with Crippen LogP contribution in [-0.4, -0.2) is 18.4 Å². The van der Waals surface area contributed by atoms with Gasteiger partial charge in [0.2, 0.25) is 0 Å². The van der Waals surface area contributed by atoms with Crippen LogP contribution in [-0.2, 0) is 4.79 Å². The number of rotatable bonds is 7. The van der Waals surface area contributed by atoms with E-state index in [2.05, 4.69) is 24.7 Å². The zero-order valence-electron chi connectivity index (χ0n) is 17.2. The van der Waals surface area contributed by atoms with Gasteiger partial charge in [0.25, 0.3) is 11.8 Å². The summed E-state index contributed by atoms with van der Waals surface area (Å²) in [5, 5.41) is 0. The van der Waals surface area contributed by atoms with Gasteiger partial charge in [-0.1, -0.05) is 68.4 Å². The van der Waals surface area contributed by atoms with E-state index in [0.29, 0.717) is 17.2 Å². The zero-order valence-corrected chi connectivity index (χ0v) is 17.2. The van der Waals surface area contributed by atoms with Crippen molar-refractivity contribution in [1.82, 2.24) is 10.9 Å². The number of hydrogen-bond donors (Lipinski definition) is 2. The number of hydrazine groups is 1. The Labute approximate surface area is 177 Å². The Kier molecular flexibility index (Phi) is 7.22. The number of carbonyl (C=O) groups excluding carboxylic acids is 2. The van der Waals surface area contributed by atoms with Crippen LogP contribution in [0.15, 0.2) is 78.9 Å². The number of benzene rings is 3. The van der Waals surface area contributed by atoms with Crippen molar-refractivity contribution in [2.24, 2.45) is 0 Å². The van der Waals surface area contributed by atoms with Crippen LogP contribution in [0.2, 0.25) is 0 Å². The second kappa shape index (κ2) is 10.3. The van der Waals surface area contributed by atoms with Crippen LogP contribution in [0.5, 0.6) is 5.75 Å². The minimum absolute atomic E-state index is 0.185. The molecule has 2 N–H and O–H groups in total. The molecule has 0 saturated carbocycles. The highest BCUT2D eigenvalue weighted by molar-refractivity contribution is 5.95. The molecule has 0 fully saturated rings. The quantitative estimate of drug-likeness (QED) is 0.563. The zero-order chi connectivity index (χ0) is 21.3. The molecule has 0 aliphatic carbocycles. The van der Waals surface area contributed by atoms with Crippen LogP contribution in [0.25, 0.3) is 11.1 Å². The standard InChI is InChI=1S/C25H26N2O3/c1-3-18(2)19-13-15-23(16-14-19)30-17-24(28)26-27-25(29)22-11-9-21(10-12-22)20-7-5-4-6-8-20/h4-16,18H,3,17H2,1-2H3,(H,26,28)(H,27,29). The molecule has 154 valence electrons. The maximum Gasteiger partial charge on any atom is 0.276 e. The van der Waals surface area contributed by atoms with E-state index in [0.717, 1.165) is 17.5 Å². The van der Waals surface area contributed by atoms with Crippen molar-refractivity contribution in [3.63, 3.8) is 0 Å². The van der Waals surface area contributed by atoms with Crippen molar-refractivity contribution >= 4 is 11.8 Å². The first-order valence-corrected chi connectivity index (χ1v) is 10.0. The SMILES string of the molecule is CCC(C)c1ccc(OCC(=O)NNC(=O)c2ccc(-c3ccccc3)cc2)cc1. The lowest BCUT2D eigenvalue weighted by Crippen LogP contribution is -2.43. The molecule has 0 spiro atoms. The smallest absolute Gasteiger partial charge is 0.276 e. The largest absolute Gasteiger partial charge is 0.484 e. The molecule has 0 aliphatic heterocycles. The molecule has 5 heteroatoms. The van der Waals surface area contributed by atoms with Crippen molar-refractivity contribution in [2.45, 2.75) is 26.2 Å². The lowest BCUT2D eigenvalue weighted by molar-refractivity contribution is -0.123. The van der Waals surface area contributed by atoms with Gasteiger partial charge in [0.05, 0.1) is 0 Å². The van der Waals surface area contributed by atoms with Crippen molar-refractivity contribution in [2.75, 3.05) is 6.61 Å². The third kappa shape index (κ3) is 5.70. The summed E-state index contributed by atoms with van der Waals surface area (Å²) in [7, 11) is 0. The number of nitrogens with one attached hydrogen (secondary N) is 2. The summed E-state index contributed by atoms with van der Waals surface area (Å²) >= 11 is 0. The monoisotopic (exact) mass is 402 g/mol. The summed E-state index contributed by atoms with van der Waals surface area (Å²) in [5.74, 6) is 0.274. The molecule has 3 aromatic rings. The van der Waals surface area contributed by atoms with Gasteiger partial charge in [0.15, 0.2) is 6.61 Å². The molecule has 0 radical (unpaired) electrons. The second-order valence-corrected chi connectivity index (χ2v) is 7.11. The molecule has 2 amide bonds. The fraction of sp³-hybridized carbons (Fsp3) is 0.200. The number of amides is 2. The average Bonchev–Trinajstić information content (AvgIpc) is 2.81. The van der Waals surface area contributed by atoms with Gasteiger partial charge in [0.1, 0.15) is 5.75 Å². The van der Waals surface area contributed by atoms with Gasteiger partial charge in [-0.15, -0.1) is 0 Å².